The van der Waals surface area contributed by atoms with Crippen LogP contribution in [0.1, 0.15) is 58.3 Å². The number of piperidine rings is 1. The van der Waals surface area contributed by atoms with Crippen LogP contribution >= 0.6 is 0 Å². The molecule has 2 aliphatic heterocycles. The summed E-state index contributed by atoms with van der Waals surface area (Å²) in [5.41, 5.74) is 0. The van der Waals surface area contributed by atoms with Crippen LogP contribution in [-0.2, 0) is 9.59 Å². The number of rotatable bonds is 7. The summed E-state index contributed by atoms with van der Waals surface area (Å²) in [6.45, 7) is 2.75. The van der Waals surface area contributed by atoms with Crippen molar-refractivity contribution in [2.24, 2.45) is 0 Å². The van der Waals surface area contributed by atoms with Crippen LogP contribution in [0.2, 0.25) is 0 Å². The summed E-state index contributed by atoms with van der Waals surface area (Å²) in [6, 6.07) is 1.52. The molecule has 2 saturated heterocycles. The first-order valence-electron chi connectivity index (χ1n) is 7.99. The first-order chi connectivity index (χ1) is 9.67. The van der Waals surface area contributed by atoms with Gasteiger partial charge in [0.05, 0.1) is 0 Å². The summed E-state index contributed by atoms with van der Waals surface area (Å²) in [7, 11) is 0. The second-order valence-corrected chi connectivity index (χ2v) is 6.08. The summed E-state index contributed by atoms with van der Waals surface area (Å²) in [5, 5.41) is 9.52. The fraction of sp³-hybridized carbons (Fsp3) is 0.867. The highest BCUT2D eigenvalue weighted by Crippen LogP contribution is 2.26. The van der Waals surface area contributed by atoms with Crippen molar-refractivity contribution < 1.29 is 9.59 Å². The van der Waals surface area contributed by atoms with E-state index in [0.717, 1.165) is 25.8 Å². The molecule has 2 rings (SSSR count). The van der Waals surface area contributed by atoms with Crippen LogP contribution < -0.4 is 16.0 Å². The van der Waals surface area contributed by atoms with Crippen molar-refractivity contribution in [3.05, 3.63) is 0 Å². The fourth-order valence-electron chi connectivity index (χ4n) is 3.24. The Morgan fingerprint density at radius 1 is 1.10 bits per heavy atom. The Hall–Kier alpha value is -1.10. The highest BCUT2D eigenvalue weighted by atomic mass is 16.2. The van der Waals surface area contributed by atoms with Crippen molar-refractivity contribution in [2.45, 2.75) is 76.4 Å². The number of amides is 2. The van der Waals surface area contributed by atoms with E-state index < -0.39 is 0 Å². The lowest BCUT2D eigenvalue weighted by Gasteiger charge is -2.29. The minimum absolute atomic E-state index is 0.0551. The predicted molar refractivity (Wildman–Crippen MR) is 78.3 cm³/mol. The third kappa shape index (κ3) is 4.78. The van der Waals surface area contributed by atoms with Crippen molar-refractivity contribution in [3.63, 3.8) is 0 Å². The number of nitrogens with one attached hydrogen (secondary N) is 3. The maximum absolute atomic E-state index is 11.9. The Kier molecular flexibility index (Phi) is 5.83. The molecule has 2 heterocycles. The molecule has 0 aromatic carbocycles. The first-order valence-corrected chi connectivity index (χ1v) is 7.99. The van der Waals surface area contributed by atoms with E-state index in [2.05, 4.69) is 16.0 Å². The summed E-state index contributed by atoms with van der Waals surface area (Å²) >= 11 is 0. The second-order valence-electron chi connectivity index (χ2n) is 6.08. The SMILES string of the molecule is CCCNC(=O)CCCC(=O)NC1CC2CCC(C1)N2. The average Bonchev–Trinajstić information content (AvgIpc) is 2.75. The zero-order valence-electron chi connectivity index (χ0n) is 12.4. The highest BCUT2D eigenvalue weighted by Gasteiger charge is 2.33. The molecule has 5 nitrogen and oxygen atoms in total. The molecule has 0 saturated carbocycles. The summed E-state index contributed by atoms with van der Waals surface area (Å²) in [5.74, 6) is 0.152. The molecule has 2 amide bonds. The van der Waals surface area contributed by atoms with Crippen molar-refractivity contribution in [2.75, 3.05) is 6.54 Å². The molecule has 0 spiro atoms. The monoisotopic (exact) mass is 281 g/mol. The smallest absolute Gasteiger partial charge is 0.220 e. The van der Waals surface area contributed by atoms with Gasteiger partial charge in [-0.25, -0.2) is 0 Å². The van der Waals surface area contributed by atoms with Crippen LogP contribution in [0, 0.1) is 0 Å². The van der Waals surface area contributed by atoms with E-state index in [0.29, 0.717) is 37.4 Å². The number of carbonyl (C=O) groups is 2. The predicted octanol–water partition coefficient (Wildman–Crippen LogP) is 1.08. The van der Waals surface area contributed by atoms with Gasteiger partial charge < -0.3 is 16.0 Å². The first kappa shape index (κ1) is 15.3. The molecule has 114 valence electrons. The molecule has 2 fully saturated rings. The van der Waals surface area contributed by atoms with E-state index in [1.165, 1.54) is 12.8 Å². The Morgan fingerprint density at radius 3 is 2.40 bits per heavy atom. The average molecular weight is 281 g/mol. The molecule has 2 bridgehead atoms. The minimum Gasteiger partial charge on any atom is -0.356 e. The minimum atomic E-state index is 0.0551. The molecule has 0 aliphatic carbocycles. The van der Waals surface area contributed by atoms with E-state index in [9.17, 15) is 9.59 Å². The molecule has 0 aromatic heterocycles. The Labute approximate surface area is 121 Å². The topological polar surface area (TPSA) is 70.2 Å². The molecule has 2 unspecified atom stereocenters. The van der Waals surface area contributed by atoms with Crippen molar-refractivity contribution in [1.82, 2.24) is 16.0 Å². The van der Waals surface area contributed by atoms with Crippen LogP contribution in [-0.4, -0.2) is 36.5 Å². The van der Waals surface area contributed by atoms with Crippen LogP contribution in [0.25, 0.3) is 0 Å². The van der Waals surface area contributed by atoms with Gasteiger partial charge in [0.1, 0.15) is 0 Å². The van der Waals surface area contributed by atoms with E-state index in [1.54, 1.807) is 0 Å². The fourth-order valence-corrected chi connectivity index (χ4v) is 3.24. The summed E-state index contributed by atoms with van der Waals surface area (Å²) in [4.78, 5) is 23.3. The molecule has 3 N–H and O–H groups in total. The van der Waals surface area contributed by atoms with Gasteiger partial charge in [0.15, 0.2) is 0 Å². The number of hydrogen-bond donors (Lipinski definition) is 3. The van der Waals surface area contributed by atoms with Crippen LogP contribution in [0.15, 0.2) is 0 Å². The van der Waals surface area contributed by atoms with E-state index in [1.807, 2.05) is 6.92 Å². The van der Waals surface area contributed by atoms with Crippen molar-refractivity contribution >= 4 is 11.8 Å². The third-order valence-corrected chi connectivity index (χ3v) is 4.22. The van der Waals surface area contributed by atoms with Gasteiger partial charge in [-0.3, -0.25) is 9.59 Å². The molecule has 0 radical (unpaired) electrons. The molecule has 2 atom stereocenters. The van der Waals surface area contributed by atoms with Gasteiger partial charge in [-0.2, -0.15) is 0 Å². The van der Waals surface area contributed by atoms with E-state index in [4.69, 9.17) is 0 Å². The summed E-state index contributed by atoms with van der Waals surface area (Å²) < 4.78 is 0. The van der Waals surface area contributed by atoms with Gasteiger partial charge in [0, 0.05) is 37.5 Å². The largest absolute Gasteiger partial charge is 0.356 e. The molecule has 2 aliphatic rings. The quantitative estimate of drug-likeness (QED) is 0.654. The lowest BCUT2D eigenvalue weighted by Crippen LogP contribution is -2.48. The molecule has 5 heteroatoms. The molecular formula is C15H27N3O2. The highest BCUT2D eigenvalue weighted by molar-refractivity contribution is 5.79. The Balaban J connectivity index is 1.57. The second kappa shape index (κ2) is 7.62. The van der Waals surface area contributed by atoms with Crippen LogP contribution in [0.3, 0.4) is 0 Å². The summed E-state index contributed by atoms with van der Waals surface area (Å²) in [6.07, 6.45) is 7.09. The van der Waals surface area contributed by atoms with E-state index >= 15 is 0 Å². The van der Waals surface area contributed by atoms with Gasteiger partial charge in [-0.1, -0.05) is 6.92 Å². The van der Waals surface area contributed by atoms with Crippen LogP contribution in [0.4, 0.5) is 0 Å². The lowest BCUT2D eigenvalue weighted by molar-refractivity contribution is -0.123. The Morgan fingerprint density at radius 2 is 1.75 bits per heavy atom. The molecule has 0 aromatic rings. The molecule has 20 heavy (non-hydrogen) atoms. The molecular weight excluding hydrogens is 254 g/mol. The number of hydrogen-bond acceptors (Lipinski definition) is 3. The van der Waals surface area contributed by atoms with Crippen LogP contribution in [0.5, 0.6) is 0 Å². The normalized spacial score (nSPS) is 28.1. The maximum atomic E-state index is 11.9. The number of carbonyl (C=O) groups excluding carboxylic acids is 2. The van der Waals surface area contributed by atoms with Crippen molar-refractivity contribution in [3.8, 4) is 0 Å². The lowest BCUT2D eigenvalue weighted by atomic mass is 9.99. The number of fused-ring (bicyclic) bond motifs is 2. The third-order valence-electron chi connectivity index (χ3n) is 4.22. The standard InChI is InChI=1S/C15H27N3O2/c1-2-8-16-14(19)4-3-5-15(20)18-13-9-11-6-7-12(10-13)17-11/h11-13,17H,2-10H2,1H3,(H,16,19)(H,18,20). The van der Waals surface area contributed by atoms with Crippen molar-refractivity contribution in [1.29, 1.82) is 0 Å². The van der Waals surface area contributed by atoms with Gasteiger partial charge >= 0.3 is 0 Å². The zero-order valence-corrected chi connectivity index (χ0v) is 12.4. The zero-order chi connectivity index (χ0) is 14.4. The van der Waals surface area contributed by atoms with E-state index in [-0.39, 0.29) is 11.8 Å². The van der Waals surface area contributed by atoms with Gasteiger partial charge in [-0.15, -0.1) is 0 Å². The Bertz CT molecular complexity index is 334. The maximum Gasteiger partial charge on any atom is 0.220 e. The van der Waals surface area contributed by atoms with Gasteiger partial charge in [-0.05, 0) is 38.5 Å². The van der Waals surface area contributed by atoms with Gasteiger partial charge in [0.2, 0.25) is 11.8 Å². The van der Waals surface area contributed by atoms with Gasteiger partial charge in [0.25, 0.3) is 0 Å².